The van der Waals surface area contributed by atoms with Gasteiger partial charge < -0.3 is 20.1 Å². The van der Waals surface area contributed by atoms with Crippen LogP contribution in [-0.2, 0) is 0 Å². The summed E-state index contributed by atoms with van der Waals surface area (Å²) < 4.78 is 13.1. The van der Waals surface area contributed by atoms with Crippen LogP contribution in [0.15, 0.2) is 75.7 Å². The minimum atomic E-state index is -0.809. The monoisotopic (exact) mass is 630 g/mol. The number of ether oxygens (including phenoxy) is 2. The van der Waals surface area contributed by atoms with Crippen molar-refractivity contribution in [1.29, 1.82) is 0 Å². The molecule has 6 nitrogen and oxygen atoms in total. The summed E-state index contributed by atoms with van der Waals surface area (Å²) in [5.41, 5.74) is 1.59. The van der Waals surface area contributed by atoms with E-state index in [0.717, 1.165) is 21.8 Å². The summed E-state index contributed by atoms with van der Waals surface area (Å²) in [7, 11) is 1.59. The highest BCUT2D eigenvalue weighted by atomic mass is 79.9. The molecule has 0 aliphatic carbocycles. The van der Waals surface area contributed by atoms with E-state index in [1.165, 1.54) is 19.3 Å². The molecule has 8 heteroatoms. The first-order chi connectivity index (χ1) is 17.9. The molecule has 0 radical (unpaired) electrons. The molecule has 3 rings (SSSR count). The molecule has 0 heterocycles. The normalized spacial score (nSPS) is 10.7. The Hall–Kier alpha value is -2.84. The SMILES string of the molecule is CCCCCCCOc1cc(C(NC(=O)c2cccc(Br)c2)NC(=O)c2cccc(Br)c2)ccc1OC. The molecule has 0 bridgehead atoms. The number of amides is 2. The van der Waals surface area contributed by atoms with E-state index in [1.54, 1.807) is 61.7 Å². The zero-order valence-corrected chi connectivity index (χ0v) is 24.2. The van der Waals surface area contributed by atoms with Crippen LogP contribution in [0.5, 0.6) is 11.5 Å². The molecule has 2 N–H and O–H groups in total. The number of halogens is 2. The van der Waals surface area contributed by atoms with E-state index in [-0.39, 0.29) is 11.8 Å². The standard InChI is InChI=1S/C29H32Br2N2O4/c1-3-4-5-6-7-16-37-26-19-20(14-15-25(26)36-2)27(32-28(34)21-10-8-12-23(30)17-21)33-29(35)22-11-9-13-24(31)18-22/h8-15,17-19,27H,3-7,16H2,1-2H3,(H,32,34)(H,33,35). The van der Waals surface area contributed by atoms with Crippen LogP contribution in [0, 0.1) is 0 Å². The zero-order chi connectivity index (χ0) is 26.6. The molecule has 3 aromatic carbocycles. The Morgan fingerprint density at radius 2 is 1.38 bits per heavy atom. The fourth-order valence-corrected chi connectivity index (χ4v) is 4.56. The predicted molar refractivity (Wildman–Crippen MR) is 153 cm³/mol. The van der Waals surface area contributed by atoms with Crippen molar-refractivity contribution in [3.63, 3.8) is 0 Å². The number of rotatable bonds is 13. The molecular formula is C29H32Br2N2O4. The lowest BCUT2D eigenvalue weighted by atomic mass is 10.1. The maximum Gasteiger partial charge on any atom is 0.253 e. The first-order valence-electron chi connectivity index (χ1n) is 12.3. The minimum Gasteiger partial charge on any atom is -0.493 e. The highest BCUT2D eigenvalue weighted by molar-refractivity contribution is 9.10. The van der Waals surface area contributed by atoms with Gasteiger partial charge in [-0.25, -0.2) is 0 Å². The summed E-state index contributed by atoms with van der Waals surface area (Å²) in [6, 6.07) is 19.5. The van der Waals surface area contributed by atoms with Gasteiger partial charge in [-0.3, -0.25) is 9.59 Å². The molecule has 37 heavy (non-hydrogen) atoms. The van der Waals surface area contributed by atoms with Crippen molar-refractivity contribution in [2.24, 2.45) is 0 Å². The van der Waals surface area contributed by atoms with Crippen LogP contribution >= 0.6 is 31.9 Å². The van der Waals surface area contributed by atoms with Crippen LogP contribution in [-0.4, -0.2) is 25.5 Å². The maximum atomic E-state index is 13.1. The summed E-state index contributed by atoms with van der Waals surface area (Å²) in [6.07, 6.45) is 4.82. The van der Waals surface area contributed by atoms with Gasteiger partial charge in [-0.1, -0.05) is 82.7 Å². The van der Waals surface area contributed by atoms with E-state index in [0.29, 0.717) is 34.8 Å². The van der Waals surface area contributed by atoms with Crippen molar-refractivity contribution in [2.45, 2.75) is 45.2 Å². The highest BCUT2D eigenvalue weighted by Crippen LogP contribution is 2.30. The van der Waals surface area contributed by atoms with E-state index in [9.17, 15) is 9.59 Å². The molecule has 0 unspecified atom stereocenters. The lowest BCUT2D eigenvalue weighted by molar-refractivity contribution is 0.0883. The number of nitrogens with one attached hydrogen (secondary N) is 2. The summed E-state index contributed by atoms with van der Waals surface area (Å²) in [5, 5.41) is 5.89. The molecule has 0 spiro atoms. The van der Waals surface area contributed by atoms with E-state index in [4.69, 9.17) is 9.47 Å². The Morgan fingerprint density at radius 3 is 1.92 bits per heavy atom. The average molecular weight is 632 g/mol. The third-order valence-corrected chi connectivity index (χ3v) is 6.74. The number of hydrogen-bond acceptors (Lipinski definition) is 4. The molecular weight excluding hydrogens is 600 g/mol. The van der Waals surface area contributed by atoms with Gasteiger partial charge >= 0.3 is 0 Å². The second kappa shape index (κ2) is 14.8. The quantitative estimate of drug-likeness (QED) is 0.152. The Labute approximate surface area is 235 Å². The van der Waals surface area contributed by atoms with Crippen molar-refractivity contribution in [3.05, 3.63) is 92.4 Å². The smallest absolute Gasteiger partial charge is 0.253 e. The van der Waals surface area contributed by atoms with Crippen LogP contribution in [0.1, 0.15) is 71.5 Å². The van der Waals surface area contributed by atoms with E-state index in [1.807, 2.05) is 12.1 Å². The van der Waals surface area contributed by atoms with Gasteiger partial charge in [0.15, 0.2) is 11.5 Å². The van der Waals surface area contributed by atoms with Gasteiger partial charge in [0.25, 0.3) is 11.8 Å². The lowest BCUT2D eigenvalue weighted by Gasteiger charge is -2.22. The summed E-state index contributed by atoms with van der Waals surface area (Å²) >= 11 is 6.81. The van der Waals surface area contributed by atoms with Crippen LogP contribution in [0.3, 0.4) is 0 Å². The van der Waals surface area contributed by atoms with Crippen LogP contribution in [0.4, 0.5) is 0 Å². The summed E-state index contributed by atoms with van der Waals surface area (Å²) in [5.74, 6) is 0.506. The first-order valence-corrected chi connectivity index (χ1v) is 13.9. The molecule has 0 fully saturated rings. The number of methoxy groups -OCH3 is 1. The topological polar surface area (TPSA) is 76.7 Å². The number of hydrogen-bond donors (Lipinski definition) is 2. The molecule has 0 atom stereocenters. The van der Waals surface area contributed by atoms with Crippen LogP contribution in [0.2, 0.25) is 0 Å². The van der Waals surface area contributed by atoms with Crippen LogP contribution in [0.25, 0.3) is 0 Å². The third kappa shape index (κ3) is 8.90. The summed E-state index contributed by atoms with van der Waals surface area (Å²) in [6.45, 7) is 2.75. The fourth-order valence-electron chi connectivity index (χ4n) is 3.76. The molecule has 2 amide bonds. The average Bonchev–Trinajstić information content (AvgIpc) is 2.90. The van der Waals surface area contributed by atoms with Gasteiger partial charge in [-0.2, -0.15) is 0 Å². The molecule has 0 aliphatic rings. The van der Waals surface area contributed by atoms with Crippen LogP contribution < -0.4 is 20.1 Å². The van der Waals surface area contributed by atoms with Gasteiger partial charge in [0.2, 0.25) is 0 Å². The summed E-state index contributed by atoms with van der Waals surface area (Å²) in [4.78, 5) is 26.2. The molecule has 196 valence electrons. The van der Waals surface area contributed by atoms with E-state index in [2.05, 4.69) is 49.4 Å². The second-order valence-corrected chi connectivity index (χ2v) is 10.4. The fraction of sp³-hybridized carbons (Fsp3) is 0.310. The Bertz CT molecular complexity index is 1140. The van der Waals surface area contributed by atoms with Gasteiger partial charge in [0.05, 0.1) is 13.7 Å². The zero-order valence-electron chi connectivity index (χ0n) is 21.1. The maximum absolute atomic E-state index is 13.1. The van der Waals surface area contributed by atoms with Gasteiger partial charge in [-0.15, -0.1) is 0 Å². The Morgan fingerprint density at radius 1 is 0.784 bits per heavy atom. The second-order valence-electron chi connectivity index (χ2n) is 8.57. The Balaban J connectivity index is 1.84. The van der Waals surface area contributed by atoms with Gasteiger partial charge in [0, 0.05) is 20.1 Å². The predicted octanol–water partition coefficient (Wildman–Crippen LogP) is 7.43. The molecule has 0 saturated heterocycles. The largest absolute Gasteiger partial charge is 0.493 e. The van der Waals surface area contributed by atoms with Crippen molar-refractivity contribution < 1.29 is 19.1 Å². The van der Waals surface area contributed by atoms with Gasteiger partial charge in [0.1, 0.15) is 6.17 Å². The number of unbranched alkanes of at least 4 members (excludes halogenated alkanes) is 4. The van der Waals surface area contributed by atoms with E-state index < -0.39 is 6.17 Å². The Kier molecular flexibility index (Phi) is 11.5. The number of benzene rings is 3. The van der Waals surface area contributed by atoms with Crippen molar-refractivity contribution in [3.8, 4) is 11.5 Å². The van der Waals surface area contributed by atoms with Crippen molar-refractivity contribution in [2.75, 3.05) is 13.7 Å². The minimum absolute atomic E-state index is 0.324. The third-order valence-electron chi connectivity index (χ3n) is 5.75. The van der Waals surface area contributed by atoms with Crippen molar-refractivity contribution >= 4 is 43.7 Å². The van der Waals surface area contributed by atoms with E-state index >= 15 is 0 Å². The molecule has 0 aliphatic heterocycles. The highest BCUT2D eigenvalue weighted by Gasteiger charge is 2.21. The first kappa shape index (κ1) is 28.7. The number of carbonyl (C=O) groups excluding carboxylic acids is 2. The molecule has 0 saturated carbocycles. The molecule has 3 aromatic rings. The molecule has 0 aromatic heterocycles. The number of carbonyl (C=O) groups is 2. The van der Waals surface area contributed by atoms with Gasteiger partial charge in [-0.05, 0) is 60.5 Å². The van der Waals surface area contributed by atoms with Crippen molar-refractivity contribution in [1.82, 2.24) is 10.6 Å². The lowest BCUT2D eigenvalue weighted by Crippen LogP contribution is -2.41.